The average Bonchev–Trinajstić information content (AvgIpc) is 3.05. The number of benzene rings is 2. The van der Waals surface area contributed by atoms with Crippen molar-refractivity contribution < 1.29 is 8.42 Å². The van der Waals surface area contributed by atoms with E-state index in [1.165, 1.54) is 0 Å². The molecule has 0 radical (unpaired) electrons. The van der Waals surface area contributed by atoms with Gasteiger partial charge in [0.05, 0.1) is 10.6 Å². The Morgan fingerprint density at radius 1 is 0.889 bits per heavy atom. The van der Waals surface area contributed by atoms with Gasteiger partial charge in [0.2, 0.25) is 0 Å². The Kier molecular flexibility index (Phi) is 4.20. The molecule has 136 valence electrons. The molecule has 0 bridgehead atoms. The van der Waals surface area contributed by atoms with E-state index in [4.69, 9.17) is 0 Å². The molecule has 4 rings (SSSR count). The first-order chi connectivity index (χ1) is 12.9. The van der Waals surface area contributed by atoms with Crippen LogP contribution in [0.3, 0.4) is 0 Å². The molecule has 2 aromatic carbocycles. The van der Waals surface area contributed by atoms with Gasteiger partial charge in [0.1, 0.15) is 5.65 Å². The van der Waals surface area contributed by atoms with Crippen molar-refractivity contribution in [1.82, 2.24) is 9.38 Å². The van der Waals surface area contributed by atoms with E-state index in [9.17, 15) is 8.42 Å². The molecule has 4 aromatic rings. The summed E-state index contributed by atoms with van der Waals surface area (Å²) in [6, 6.07) is 18.0. The molecule has 0 aliphatic rings. The number of imidazole rings is 1. The summed E-state index contributed by atoms with van der Waals surface area (Å²) in [5, 5.41) is 0. The van der Waals surface area contributed by atoms with Crippen molar-refractivity contribution in [3.05, 3.63) is 84.2 Å². The molecule has 0 amide bonds. The van der Waals surface area contributed by atoms with Gasteiger partial charge in [0, 0.05) is 23.6 Å². The molecule has 27 heavy (non-hydrogen) atoms. The minimum absolute atomic E-state index is 0.238. The van der Waals surface area contributed by atoms with Crippen molar-refractivity contribution in [3.63, 3.8) is 0 Å². The quantitative estimate of drug-likeness (QED) is 0.573. The van der Waals surface area contributed by atoms with Crippen molar-refractivity contribution in [2.75, 3.05) is 4.72 Å². The van der Waals surface area contributed by atoms with Crippen LogP contribution < -0.4 is 4.72 Å². The summed E-state index contributed by atoms with van der Waals surface area (Å²) >= 11 is 0. The fourth-order valence-electron chi connectivity index (χ4n) is 2.92. The van der Waals surface area contributed by atoms with Crippen LogP contribution in [-0.2, 0) is 10.0 Å². The molecule has 0 saturated heterocycles. The Morgan fingerprint density at radius 2 is 1.63 bits per heavy atom. The Hall–Kier alpha value is -3.12. The first-order valence-corrected chi connectivity index (χ1v) is 10.0. The number of aromatic nitrogens is 2. The van der Waals surface area contributed by atoms with Crippen LogP contribution in [0.5, 0.6) is 0 Å². The van der Waals surface area contributed by atoms with Gasteiger partial charge in [-0.25, -0.2) is 13.4 Å². The Bertz CT molecular complexity index is 1230. The largest absolute Gasteiger partial charge is 0.306 e. The fraction of sp³-hybridized carbons (Fsp3) is 0.0952. The standard InChI is InChI=1S/C21H19N3O2S/c1-15-6-9-19(10-7-15)27(25,26)23-18-5-3-4-17(12-18)20-14-24-13-16(2)8-11-21(24)22-20/h3-14,23H,1-2H3. The van der Waals surface area contributed by atoms with Crippen molar-refractivity contribution in [2.45, 2.75) is 18.7 Å². The molecule has 0 fully saturated rings. The molecule has 2 aromatic heterocycles. The van der Waals surface area contributed by atoms with Gasteiger partial charge in [0.25, 0.3) is 10.0 Å². The molecule has 0 unspecified atom stereocenters. The van der Waals surface area contributed by atoms with Gasteiger partial charge in [-0.15, -0.1) is 0 Å². The maximum absolute atomic E-state index is 12.6. The highest BCUT2D eigenvalue weighted by molar-refractivity contribution is 7.92. The lowest BCUT2D eigenvalue weighted by Crippen LogP contribution is -2.12. The Morgan fingerprint density at radius 3 is 2.41 bits per heavy atom. The monoisotopic (exact) mass is 377 g/mol. The van der Waals surface area contributed by atoms with E-state index in [1.807, 2.05) is 54.9 Å². The second-order valence-corrected chi connectivity index (χ2v) is 8.28. The van der Waals surface area contributed by atoms with Crippen LogP contribution in [0.15, 0.2) is 78.0 Å². The van der Waals surface area contributed by atoms with Crippen LogP contribution in [0.25, 0.3) is 16.9 Å². The number of hydrogen-bond acceptors (Lipinski definition) is 3. The van der Waals surface area contributed by atoms with Crippen molar-refractivity contribution >= 4 is 21.4 Å². The molecular formula is C21H19N3O2S. The number of hydrogen-bond donors (Lipinski definition) is 1. The zero-order valence-electron chi connectivity index (χ0n) is 15.0. The third-order valence-corrected chi connectivity index (χ3v) is 5.74. The SMILES string of the molecule is Cc1ccc(S(=O)(=O)Nc2cccc(-c3cn4cc(C)ccc4n3)c2)cc1. The predicted molar refractivity (Wildman–Crippen MR) is 107 cm³/mol. The fourth-order valence-corrected chi connectivity index (χ4v) is 3.97. The molecule has 0 aliphatic carbocycles. The van der Waals surface area contributed by atoms with Crippen LogP contribution in [0.1, 0.15) is 11.1 Å². The molecule has 5 nitrogen and oxygen atoms in total. The van der Waals surface area contributed by atoms with Crippen LogP contribution in [0.2, 0.25) is 0 Å². The highest BCUT2D eigenvalue weighted by atomic mass is 32.2. The highest BCUT2D eigenvalue weighted by Gasteiger charge is 2.14. The topological polar surface area (TPSA) is 63.5 Å². The van der Waals surface area contributed by atoms with E-state index in [0.29, 0.717) is 5.69 Å². The van der Waals surface area contributed by atoms with E-state index < -0.39 is 10.0 Å². The summed E-state index contributed by atoms with van der Waals surface area (Å²) in [7, 11) is -3.63. The van der Waals surface area contributed by atoms with E-state index in [0.717, 1.165) is 28.0 Å². The summed E-state index contributed by atoms with van der Waals surface area (Å²) in [6.45, 7) is 3.95. The van der Waals surface area contributed by atoms with E-state index in [-0.39, 0.29) is 4.90 Å². The number of nitrogens with zero attached hydrogens (tertiary/aromatic N) is 2. The van der Waals surface area contributed by atoms with Gasteiger partial charge < -0.3 is 4.40 Å². The van der Waals surface area contributed by atoms with Gasteiger partial charge in [-0.1, -0.05) is 35.9 Å². The maximum Gasteiger partial charge on any atom is 0.261 e. The third kappa shape index (κ3) is 3.57. The summed E-state index contributed by atoms with van der Waals surface area (Å²) in [5.41, 5.74) is 5.14. The zero-order chi connectivity index (χ0) is 19.0. The summed E-state index contributed by atoms with van der Waals surface area (Å²) in [5.74, 6) is 0. The molecule has 6 heteroatoms. The van der Waals surface area contributed by atoms with Crippen molar-refractivity contribution in [3.8, 4) is 11.3 Å². The summed E-state index contributed by atoms with van der Waals surface area (Å²) in [4.78, 5) is 4.85. The normalized spacial score (nSPS) is 11.6. The second-order valence-electron chi connectivity index (χ2n) is 6.60. The Labute approximate surface area is 158 Å². The van der Waals surface area contributed by atoms with Gasteiger partial charge in [-0.2, -0.15) is 0 Å². The van der Waals surface area contributed by atoms with Gasteiger partial charge >= 0.3 is 0 Å². The third-order valence-electron chi connectivity index (χ3n) is 4.34. The van der Waals surface area contributed by atoms with E-state index in [1.54, 1.807) is 36.4 Å². The predicted octanol–water partition coefficient (Wildman–Crippen LogP) is 4.42. The molecule has 1 N–H and O–H groups in total. The zero-order valence-corrected chi connectivity index (χ0v) is 15.9. The van der Waals surface area contributed by atoms with Crippen LogP contribution >= 0.6 is 0 Å². The first-order valence-electron chi connectivity index (χ1n) is 8.56. The van der Waals surface area contributed by atoms with Crippen LogP contribution in [-0.4, -0.2) is 17.8 Å². The van der Waals surface area contributed by atoms with E-state index >= 15 is 0 Å². The lowest BCUT2D eigenvalue weighted by atomic mass is 10.1. The molecule has 2 heterocycles. The molecule has 0 atom stereocenters. The van der Waals surface area contributed by atoms with Gasteiger partial charge in [0.15, 0.2) is 0 Å². The number of sulfonamides is 1. The molecule has 0 spiro atoms. The van der Waals surface area contributed by atoms with Gasteiger partial charge in [-0.3, -0.25) is 4.72 Å². The molecule has 0 aliphatic heterocycles. The summed E-state index contributed by atoms with van der Waals surface area (Å²) in [6.07, 6.45) is 3.95. The number of anilines is 1. The number of pyridine rings is 1. The molecular weight excluding hydrogens is 358 g/mol. The molecule has 0 saturated carbocycles. The highest BCUT2D eigenvalue weighted by Crippen LogP contribution is 2.24. The lowest BCUT2D eigenvalue weighted by molar-refractivity contribution is 0.601. The average molecular weight is 377 g/mol. The van der Waals surface area contributed by atoms with Crippen molar-refractivity contribution in [1.29, 1.82) is 0 Å². The minimum Gasteiger partial charge on any atom is -0.306 e. The van der Waals surface area contributed by atoms with Crippen molar-refractivity contribution in [2.24, 2.45) is 0 Å². The second kappa shape index (κ2) is 6.55. The number of rotatable bonds is 4. The van der Waals surface area contributed by atoms with Gasteiger partial charge in [-0.05, 0) is 49.7 Å². The number of aryl methyl sites for hydroxylation is 2. The van der Waals surface area contributed by atoms with Crippen LogP contribution in [0.4, 0.5) is 5.69 Å². The smallest absolute Gasteiger partial charge is 0.261 e. The number of fused-ring (bicyclic) bond motifs is 1. The number of nitrogens with one attached hydrogen (secondary N) is 1. The minimum atomic E-state index is -3.63. The first kappa shape index (κ1) is 17.3. The maximum atomic E-state index is 12.6. The van der Waals surface area contributed by atoms with E-state index in [2.05, 4.69) is 9.71 Å². The van der Waals surface area contributed by atoms with Crippen LogP contribution in [0, 0.1) is 13.8 Å². The summed E-state index contributed by atoms with van der Waals surface area (Å²) < 4.78 is 29.8. The lowest BCUT2D eigenvalue weighted by Gasteiger charge is -2.09. The Balaban J connectivity index is 1.66.